The molecule has 0 N–H and O–H groups in total. The van der Waals surface area contributed by atoms with E-state index in [0.717, 1.165) is 22.6 Å². The second-order valence-electron chi connectivity index (χ2n) is 8.00. The number of rotatable bonds is 7. The van der Waals surface area contributed by atoms with Gasteiger partial charge in [-0.05, 0) is 78.1 Å². The van der Waals surface area contributed by atoms with E-state index < -0.39 is 5.97 Å². The minimum atomic E-state index is -0.422. The summed E-state index contributed by atoms with van der Waals surface area (Å²) in [6, 6.07) is 33.5. The first kappa shape index (κ1) is 22.1. The van der Waals surface area contributed by atoms with Crippen molar-refractivity contribution in [1.82, 2.24) is 0 Å². The Bertz CT molecular complexity index is 1240. The Hall–Kier alpha value is -4.11. The lowest BCUT2D eigenvalue weighted by Crippen LogP contribution is -2.10. The zero-order valence-electron chi connectivity index (χ0n) is 19.0. The maximum absolute atomic E-state index is 11.3. The highest BCUT2D eigenvalue weighted by Gasteiger charge is 2.13. The minimum Gasteiger partial charge on any atom is -0.458 e. The molecule has 0 bridgehead atoms. The molecule has 3 nitrogen and oxygen atoms in total. The normalized spacial score (nSPS) is 10.5. The van der Waals surface area contributed by atoms with Crippen molar-refractivity contribution in [3.05, 3.63) is 126 Å². The largest absolute Gasteiger partial charge is 0.458 e. The van der Waals surface area contributed by atoms with Crippen LogP contribution in [-0.4, -0.2) is 5.97 Å². The van der Waals surface area contributed by atoms with Crippen LogP contribution in [0.4, 0.5) is 17.1 Å². The number of esters is 1. The third-order valence-electron chi connectivity index (χ3n) is 5.72. The number of aryl methyl sites for hydroxylation is 2. The number of anilines is 3. The zero-order chi connectivity index (χ0) is 23.2. The molecule has 0 aliphatic rings. The second-order valence-corrected chi connectivity index (χ2v) is 8.00. The Morgan fingerprint density at radius 3 is 1.94 bits per heavy atom. The molecule has 0 spiro atoms. The van der Waals surface area contributed by atoms with E-state index in [4.69, 9.17) is 4.74 Å². The van der Waals surface area contributed by atoms with Crippen molar-refractivity contribution in [2.75, 3.05) is 4.90 Å². The fraction of sp³-hybridized carbons (Fsp3) is 0.100. The van der Waals surface area contributed by atoms with Crippen LogP contribution in [0.3, 0.4) is 0 Å². The molecule has 0 radical (unpaired) electrons. The van der Waals surface area contributed by atoms with Gasteiger partial charge in [-0.2, -0.15) is 0 Å². The van der Waals surface area contributed by atoms with Crippen molar-refractivity contribution in [3.8, 4) is 11.1 Å². The maximum Gasteiger partial charge on any atom is 0.330 e. The number of hydrogen-bond acceptors (Lipinski definition) is 3. The summed E-state index contributed by atoms with van der Waals surface area (Å²) < 4.78 is 5.15. The summed E-state index contributed by atoms with van der Waals surface area (Å²) in [5, 5.41) is 0. The van der Waals surface area contributed by atoms with Crippen LogP contribution < -0.4 is 4.90 Å². The van der Waals surface area contributed by atoms with Crippen LogP contribution in [0.25, 0.3) is 11.1 Å². The molecule has 0 fully saturated rings. The average Bonchev–Trinajstić information content (AvgIpc) is 2.86. The van der Waals surface area contributed by atoms with Gasteiger partial charge in [-0.25, -0.2) is 4.79 Å². The summed E-state index contributed by atoms with van der Waals surface area (Å²) in [6.45, 7) is 7.93. The third-order valence-corrected chi connectivity index (χ3v) is 5.72. The quantitative estimate of drug-likeness (QED) is 0.221. The van der Waals surface area contributed by atoms with Gasteiger partial charge in [-0.1, -0.05) is 67.2 Å². The average molecular weight is 434 g/mol. The fourth-order valence-electron chi connectivity index (χ4n) is 3.70. The van der Waals surface area contributed by atoms with Gasteiger partial charge in [0.25, 0.3) is 0 Å². The van der Waals surface area contributed by atoms with Crippen molar-refractivity contribution in [2.24, 2.45) is 0 Å². The van der Waals surface area contributed by atoms with Crippen LogP contribution in [0.1, 0.15) is 16.7 Å². The maximum atomic E-state index is 11.3. The van der Waals surface area contributed by atoms with E-state index in [1.165, 1.54) is 28.3 Å². The molecule has 4 aromatic rings. The summed E-state index contributed by atoms with van der Waals surface area (Å²) >= 11 is 0. The summed E-state index contributed by atoms with van der Waals surface area (Å²) in [7, 11) is 0. The molecule has 4 aromatic carbocycles. The molecule has 0 aliphatic heterocycles. The Labute approximate surface area is 195 Å². The minimum absolute atomic E-state index is 0.223. The number of hydrogen-bond donors (Lipinski definition) is 0. The van der Waals surface area contributed by atoms with Gasteiger partial charge in [0.15, 0.2) is 0 Å². The molecule has 0 saturated heterocycles. The van der Waals surface area contributed by atoms with Gasteiger partial charge in [0.1, 0.15) is 6.61 Å². The van der Waals surface area contributed by atoms with Gasteiger partial charge < -0.3 is 9.64 Å². The molecular formula is C30H27NO2. The highest BCUT2D eigenvalue weighted by molar-refractivity contribution is 5.81. The van der Waals surface area contributed by atoms with Crippen LogP contribution in [-0.2, 0) is 16.1 Å². The monoisotopic (exact) mass is 433 g/mol. The lowest BCUT2D eigenvalue weighted by Gasteiger charge is -2.26. The number of para-hydroxylation sites is 1. The van der Waals surface area contributed by atoms with E-state index in [2.05, 4.69) is 79.9 Å². The van der Waals surface area contributed by atoms with Gasteiger partial charge >= 0.3 is 5.97 Å². The van der Waals surface area contributed by atoms with Crippen molar-refractivity contribution >= 4 is 23.0 Å². The summed E-state index contributed by atoms with van der Waals surface area (Å²) in [5.74, 6) is -0.422. The number of benzene rings is 4. The van der Waals surface area contributed by atoms with Crippen molar-refractivity contribution < 1.29 is 9.53 Å². The number of ether oxygens (including phenoxy) is 1. The smallest absolute Gasteiger partial charge is 0.330 e. The second kappa shape index (κ2) is 10.0. The van der Waals surface area contributed by atoms with E-state index in [1.54, 1.807) is 0 Å². The van der Waals surface area contributed by atoms with Crippen molar-refractivity contribution in [3.63, 3.8) is 0 Å². The van der Waals surface area contributed by atoms with Gasteiger partial charge in [0.05, 0.1) is 0 Å². The van der Waals surface area contributed by atoms with Crippen LogP contribution in [0, 0.1) is 13.8 Å². The van der Waals surface area contributed by atoms with Gasteiger partial charge in [-0.15, -0.1) is 0 Å². The Morgan fingerprint density at radius 2 is 1.33 bits per heavy atom. The molecule has 3 heteroatoms. The molecule has 33 heavy (non-hydrogen) atoms. The molecule has 0 amide bonds. The van der Waals surface area contributed by atoms with Crippen LogP contribution in [0.15, 0.2) is 110 Å². The molecule has 164 valence electrons. The molecule has 0 unspecified atom stereocenters. The predicted molar refractivity (Wildman–Crippen MR) is 136 cm³/mol. The molecule has 0 heterocycles. The molecule has 0 aromatic heterocycles. The number of carbonyl (C=O) groups is 1. The standard InChI is InChI=1S/C30H27NO2/c1-4-30(32)33-21-24-11-16-28(17-12-24)31(27-8-6-5-7-9-27)29-18-14-25(15-19-29)26-13-10-22(2)23(3)20-26/h4-20H,1,21H2,2-3H3. The Balaban J connectivity index is 1.65. The van der Waals surface area contributed by atoms with Crippen LogP contribution >= 0.6 is 0 Å². The van der Waals surface area contributed by atoms with E-state index in [-0.39, 0.29) is 6.61 Å². The summed E-state index contributed by atoms with van der Waals surface area (Å²) in [5.41, 5.74) is 9.09. The van der Waals surface area contributed by atoms with Gasteiger partial charge in [-0.3, -0.25) is 0 Å². The van der Waals surface area contributed by atoms with Crippen LogP contribution in [0.5, 0.6) is 0 Å². The fourth-order valence-corrected chi connectivity index (χ4v) is 3.70. The third kappa shape index (κ3) is 5.21. The van der Waals surface area contributed by atoms with E-state index in [9.17, 15) is 4.79 Å². The Kier molecular flexibility index (Phi) is 6.70. The van der Waals surface area contributed by atoms with Gasteiger partial charge in [0.2, 0.25) is 0 Å². The van der Waals surface area contributed by atoms with Gasteiger partial charge in [0, 0.05) is 23.1 Å². The van der Waals surface area contributed by atoms with E-state index >= 15 is 0 Å². The highest BCUT2D eigenvalue weighted by Crippen LogP contribution is 2.35. The highest BCUT2D eigenvalue weighted by atomic mass is 16.5. The van der Waals surface area contributed by atoms with Crippen LogP contribution in [0.2, 0.25) is 0 Å². The zero-order valence-corrected chi connectivity index (χ0v) is 19.0. The Morgan fingerprint density at radius 1 is 0.758 bits per heavy atom. The lowest BCUT2D eigenvalue weighted by atomic mass is 10.00. The SMILES string of the molecule is C=CC(=O)OCc1ccc(N(c2ccccc2)c2ccc(-c3ccc(C)c(C)c3)cc2)cc1. The first-order valence-corrected chi connectivity index (χ1v) is 11.0. The summed E-state index contributed by atoms with van der Waals surface area (Å²) in [6.07, 6.45) is 1.17. The molecule has 0 saturated carbocycles. The predicted octanol–water partition coefficient (Wildman–Crippen LogP) is 7.67. The van der Waals surface area contributed by atoms with E-state index in [1.807, 2.05) is 42.5 Å². The molecule has 0 aliphatic carbocycles. The number of carbonyl (C=O) groups excluding carboxylic acids is 1. The number of nitrogens with zero attached hydrogens (tertiary/aromatic N) is 1. The van der Waals surface area contributed by atoms with E-state index in [0.29, 0.717) is 0 Å². The van der Waals surface area contributed by atoms with Crippen molar-refractivity contribution in [1.29, 1.82) is 0 Å². The lowest BCUT2D eigenvalue weighted by molar-refractivity contribution is -0.138. The first-order valence-electron chi connectivity index (χ1n) is 11.0. The topological polar surface area (TPSA) is 29.5 Å². The van der Waals surface area contributed by atoms with Crippen molar-refractivity contribution in [2.45, 2.75) is 20.5 Å². The molecule has 0 atom stereocenters. The summed E-state index contributed by atoms with van der Waals surface area (Å²) in [4.78, 5) is 13.6. The first-order chi connectivity index (χ1) is 16.0. The molecule has 4 rings (SSSR count). The molecular weight excluding hydrogens is 406 g/mol.